The van der Waals surface area contributed by atoms with Crippen LogP contribution in [0.2, 0.25) is 0 Å². The van der Waals surface area contributed by atoms with Crippen LogP contribution < -0.4 is 14.8 Å². The molecule has 9 heteroatoms. The summed E-state index contributed by atoms with van der Waals surface area (Å²) in [5.41, 5.74) is 0.648. The van der Waals surface area contributed by atoms with E-state index in [2.05, 4.69) is 17.0 Å². The minimum Gasteiger partial charge on any atom is -0.491 e. The second-order valence-electron chi connectivity index (χ2n) is 7.27. The van der Waals surface area contributed by atoms with Crippen molar-refractivity contribution in [1.82, 2.24) is 10.2 Å². The summed E-state index contributed by atoms with van der Waals surface area (Å²) in [6, 6.07) is 4.84. The van der Waals surface area contributed by atoms with Crippen molar-refractivity contribution in [2.45, 2.75) is 32.9 Å². The number of anilines is 1. The Bertz CT molecular complexity index is 784. The molecular weight excluding hydrogens is 382 g/mol. The fourth-order valence-electron chi connectivity index (χ4n) is 2.98. The van der Waals surface area contributed by atoms with Crippen LogP contribution in [-0.4, -0.2) is 71.0 Å². The van der Waals surface area contributed by atoms with Gasteiger partial charge in [-0.05, 0) is 38.0 Å². The Morgan fingerprint density at radius 3 is 2.71 bits per heavy atom. The lowest BCUT2D eigenvalue weighted by atomic mass is 10.0. The van der Waals surface area contributed by atoms with Crippen molar-refractivity contribution in [3.8, 4) is 5.75 Å². The molecule has 0 aromatic heterocycles. The number of nitrogens with zero attached hydrogens (tertiary/aromatic N) is 1. The highest BCUT2D eigenvalue weighted by molar-refractivity contribution is 7.92. The third-order valence-electron chi connectivity index (χ3n) is 4.88. The van der Waals surface area contributed by atoms with Gasteiger partial charge in [0, 0.05) is 39.0 Å². The molecule has 0 spiro atoms. The Morgan fingerprint density at radius 1 is 1.36 bits per heavy atom. The largest absolute Gasteiger partial charge is 0.491 e. The van der Waals surface area contributed by atoms with E-state index in [-0.39, 0.29) is 29.7 Å². The molecule has 0 bridgehead atoms. The molecule has 0 aliphatic carbocycles. The van der Waals surface area contributed by atoms with Gasteiger partial charge in [-0.1, -0.05) is 6.92 Å². The second-order valence-corrected chi connectivity index (χ2v) is 9.28. The number of hydrogen-bond acceptors (Lipinski definition) is 6. The number of rotatable bonds is 4. The summed E-state index contributed by atoms with van der Waals surface area (Å²) in [6.45, 7) is 7.18. The number of hydrogen-bond donors (Lipinski definition) is 2. The summed E-state index contributed by atoms with van der Waals surface area (Å²) in [5.74, 6) is 0.324. The third kappa shape index (κ3) is 5.83. The highest BCUT2D eigenvalue weighted by Gasteiger charge is 2.25. The first-order chi connectivity index (χ1) is 13.2. The minimum absolute atomic E-state index is 0.0506. The number of ether oxygens (including phenoxy) is 2. The van der Waals surface area contributed by atoms with Crippen LogP contribution in [0.15, 0.2) is 18.2 Å². The quantitative estimate of drug-likeness (QED) is 0.777. The van der Waals surface area contributed by atoms with Gasteiger partial charge in [0.15, 0.2) is 0 Å². The molecule has 2 rings (SSSR count). The van der Waals surface area contributed by atoms with Gasteiger partial charge in [0.2, 0.25) is 10.0 Å². The molecule has 1 aliphatic rings. The summed E-state index contributed by atoms with van der Waals surface area (Å²) in [6.07, 6.45) is -0.126. The average Bonchev–Trinajstić information content (AvgIpc) is 2.67. The maximum absolute atomic E-state index is 13.1. The highest BCUT2D eigenvalue weighted by atomic mass is 32.2. The molecule has 1 heterocycles. The van der Waals surface area contributed by atoms with Crippen molar-refractivity contribution in [1.29, 1.82) is 0 Å². The number of benzene rings is 1. The number of carbonyl (C=O) groups is 1. The topological polar surface area (TPSA) is 97.0 Å². The van der Waals surface area contributed by atoms with Gasteiger partial charge in [0.1, 0.15) is 12.4 Å². The van der Waals surface area contributed by atoms with Crippen molar-refractivity contribution in [2.75, 3.05) is 44.3 Å². The monoisotopic (exact) mass is 413 g/mol. The number of amides is 1. The molecule has 3 atom stereocenters. The van der Waals surface area contributed by atoms with Crippen molar-refractivity contribution < 1.29 is 22.7 Å². The predicted octanol–water partition coefficient (Wildman–Crippen LogP) is 1.54. The van der Waals surface area contributed by atoms with Gasteiger partial charge in [-0.25, -0.2) is 8.42 Å². The number of likely N-dealkylation sites (N-methyl/N-ethyl adjacent to an activating group) is 1. The van der Waals surface area contributed by atoms with E-state index in [4.69, 9.17) is 9.47 Å². The zero-order chi connectivity index (χ0) is 20.9. The lowest BCUT2D eigenvalue weighted by molar-refractivity contribution is 0.0281. The van der Waals surface area contributed by atoms with E-state index in [9.17, 15) is 13.2 Å². The van der Waals surface area contributed by atoms with E-state index >= 15 is 0 Å². The first-order valence-corrected chi connectivity index (χ1v) is 11.1. The van der Waals surface area contributed by atoms with Gasteiger partial charge >= 0.3 is 0 Å². The summed E-state index contributed by atoms with van der Waals surface area (Å²) in [4.78, 5) is 14.7. The number of methoxy groups -OCH3 is 1. The van der Waals surface area contributed by atoms with Crippen LogP contribution >= 0.6 is 0 Å². The van der Waals surface area contributed by atoms with Crippen LogP contribution in [0.5, 0.6) is 5.75 Å². The van der Waals surface area contributed by atoms with Crippen LogP contribution in [0, 0.1) is 5.92 Å². The maximum atomic E-state index is 13.1. The van der Waals surface area contributed by atoms with E-state index < -0.39 is 10.0 Å². The first kappa shape index (κ1) is 22.4. The molecule has 0 unspecified atom stereocenters. The molecule has 1 aliphatic heterocycles. The van der Waals surface area contributed by atoms with Crippen molar-refractivity contribution in [3.05, 3.63) is 23.8 Å². The predicted molar refractivity (Wildman–Crippen MR) is 109 cm³/mol. The van der Waals surface area contributed by atoms with E-state index in [1.54, 1.807) is 38.1 Å². The lowest BCUT2D eigenvalue weighted by Crippen LogP contribution is -2.44. The van der Waals surface area contributed by atoms with Crippen molar-refractivity contribution in [3.63, 3.8) is 0 Å². The molecule has 158 valence electrons. The zero-order valence-corrected chi connectivity index (χ0v) is 18.0. The Kier molecular flexibility index (Phi) is 7.68. The van der Waals surface area contributed by atoms with Gasteiger partial charge in [0.25, 0.3) is 5.91 Å². The third-order valence-corrected chi connectivity index (χ3v) is 6.19. The van der Waals surface area contributed by atoms with Gasteiger partial charge < -0.3 is 19.7 Å². The molecule has 1 aromatic rings. The Labute approximate surface area is 167 Å². The first-order valence-electron chi connectivity index (χ1n) is 9.45. The van der Waals surface area contributed by atoms with Crippen LogP contribution in [0.1, 0.15) is 31.1 Å². The number of fused-ring (bicyclic) bond motifs is 1. The molecule has 8 nitrogen and oxygen atoms in total. The summed E-state index contributed by atoms with van der Waals surface area (Å²) >= 11 is 0. The molecule has 2 N–H and O–H groups in total. The molecular formula is C19H31N3O5S. The van der Waals surface area contributed by atoms with Gasteiger partial charge in [0.05, 0.1) is 17.4 Å². The molecule has 0 saturated carbocycles. The van der Waals surface area contributed by atoms with E-state index in [1.165, 1.54) is 6.07 Å². The zero-order valence-electron chi connectivity index (χ0n) is 17.2. The fourth-order valence-corrected chi connectivity index (χ4v) is 3.61. The molecule has 0 saturated heterocycles. The minimum atomic E-state index is -3.44. The van der Waals surface area contributed by atoms with E-state index in [0.29, 0.717) is 30.2 Å². The van der Waals surface area contributed by atoms with E-state index in [1.807, 2.05) is 6.92 Å². The van der Waals surface area contributed by atoms with Crippen LogP contribution in [0.4, 0.5) is 5.69 Å². The van der Waals surface area contributed by atoms with E-state index in [0.717, 1.165) is 6.54 Å². The van der Waals surface area contributed by atoms with Gasteiger partial charge in [-0.3, -0.25) is 9.52 Å². The normalized spacial score (nSPS) is 24.5. The van der Waals surface area contributed by atoms with Gasteiger partial charge in [-0.2, -0.15) is 0 Å². The standard InChI is InChI=1S/C19H31N3O5S/c1-6-28(24,25)21-15-7-8-17-16(9-15)19(23)22(4)11-18(26-5)13(2)10-20-14(3)12-27-17/h7-9,13-14,18,20-21H,6,10-12H2,1-5H3/t13-,14-,18+/m1/s1. The Morgan fingerprint density at radius 2 is 2.07 bits per heavy atom. The Balaban J connectivity index is 2.40. The smallest absolute Gasteiger partial charge is 0.257 e. The fraction of sp³-hybridized carbons (Fsp3) is 0.632. The van der Waals surface area contributed by atoms with Crippen molar-refractivity contribution >= 4 is 21.6 Å². The summed E-state index contributed by atoms with van der Waals surface area (Å²) in [5, 5.41) is 3.42. The highest BCUT2D eigenvalue weighted by Crippen LogP contribution is 2.26. The summed E-state index contributed by atoms with van der Waals surface area (Å²) < 4.78 is 37.7. The number of sulfonamides is 1. The molecule has 0 fully saturated rings. The molecule has 28 heavy (non-hydrogen) atoms. The molecule has 0 radical (unpaired) electrons. The number of nitrogens with one attached hydrogen (secondary N) is 2. The van der Waals surface area contributed by atoms with Crippen molar-refractivity contribution in [2.24, 2.45) is 5.92 Å². The van der Waals surface area contributed by atoms with Crippen LogP contribution in [0.25, 0.3) is 0 Å². The van der Waals surface area contributed by atoms with Gasteiger partial charge in [-0.15, -0.1) is 0 Å². The summed E-state index contributed by atoms with van der Waals surface area (Å²) in [7, 11) is -0.0983. The molecule has 1 amide bonds. The van der Waals surface area contributed by atoms with Crippen LogP contribution in [0.3, 0.4) is 0 Å². The lowest BCUT2D eigenvalue weighted by Gasteiger charge is -2.30. The van der Waals surface area contributed by atoms with Crippen LogP contribution in [-0.2, 0) is 14.8 Å². The second kappa shape index (κ2) is 9.58. The maximum Gasteiger partial charge on any atom is 0.257 e. The SMILES string of the molecule is CCS(=O)(=O)Nc1ccc2c(c1)C(=O)N(C)C[C@H](OC)[C@H](C)CN[C@H](C)CO2. The molecule has 1 aromatic carbocycles. The Hall–Kier alpha value is -1.84. The number of carbonyl (C=O) groups excluding carboxylic acids is 1. The average molecular weight is 414 g/mol.